The van der Waals surface area contributed by atoms with E-state index in [-0.39, 0.29) is 6.54 Å². The predicted octanol–water partition coefficient (Wildman–Crippen LogP) is 3.00. The fourth-order valence-corrected chi connectivity index (χ4v) is 2.14. The molecule has 1 aromatic carbocycles. The van der Waals surface area contributed by atoms with Crippen LogP contribution in [0.5, 0.6) is 5.75 Å². The molecular formula is C17H18F3NO4. The molecule has 25 heavy (non-hydrogen) atoms. The van der Waals surface area contributed by atoms with Gasteiger partial charge in [0.2, 0.25) is 11.5 Å². The summed E-state index contributed by atoms with van der Waals surface area (Å²) in [5, 5.41) is 12.3. The van der Waals surface area contributed by atoms with E-state index in [2.05, 4.69) is 9.73 Å². The van der Waals surface area contributed by atoms with Crippen molar-refractivity contribution in [3.8, 4) is 5.75 Å². The fourth-order valence-electron chi connectivity index (χ4n) is 2.14. The summed E-state index contributed by atoms with van der Waals surface area (Å²) < 4.78 is 49.5. The molecule has 2 aromatic rings. The lowest BCUT2D eigenvalue weighted by Gasteiger charge is -2.27. The Morgan fingerprint density at radius 3 is 2.48 bits per heavy atom. The molecule has 1 atom stereocenters. The molecule has 0 fully saturated rings. The lowest BCUT2D eigenvalue weighted by Crippen LogP contribution is -2.46. The van der Waals surface area contributed by atoms with E-state index in [0.717, 1.165) is 12.3 Å². The molecule has 0 saturated heterocycles. The second-order valence-corrected chi connectivity index (χ2v) is 5.38. The molecule has 0 saturated carbocycles. The predicted molar refractivity (Wildman–Crippen MR) is 82.8 cm³/mol. The Bertz CT molecular complexity index is 658. The SMILES string of the molecule is O=C(CC(O)(c1ccco1)C(F)(F)F)NCCCOc1ccccc1. The Morgan fingerprint density at radius 1 is 1.16 bits per heavy atom. The molecule has 5 nitrogen and oxygen atoms in total. The maximum atomic E-state index is 13.1. The van der Waals surface area contributed by atoms with Gasteiger partial charge >= 0.3 is 6.18 Å². The molecular weight excluding hydrogens is 339 g/mol. The number of benzene rings is 1. The summed E-state index contributed by atoms with van der Waals surface area (Å²) in [7, 11) is 0. The number of carbonyl (C=O) groups excluding carboxylic acids is 1. The van der Waals surface area contributed by atoms with Crippen molar-refractivity contribution in [3.63, 3.8) is 0 Å². The number of nitrogens with one attached hydrogen (secondary N) is 1. The van der Waals surface area contributed by atoms with Crippen LogP contribution in [-0.2, 0) is 10.4 Å². The standard InChI is InChI=1S/C17H18F3NO4/c18-17(19,20)16(23,14-8-4-10-25-14)12-15(22)21-9-5-11-24-13-6-2-1-3-7-13/h1-4,6-8,10,23H,5,9,11-12H2,(H,21,22). The smallest absolute Gasteiger partial charge is 0.425 e. The van der Waals surface area contributed by atoms with E-state index in [1.54, 1.807) is 12.1 Å². The Balaban J connectivity index is 1.80. The van der Waals surface area contributed by atoms with Crippen molar-refractivity contribution in [1.82, 2.24) is 5.32 Å². The summed E-state index contributed by atoms with van der Waals surface area (Å²) in [5.41, 5.74) is -3.36. The van der Waals surface area contributed by atoms with E-state index in [1.807, 2.05) is 18.2 Å². The van der Waals surface area contributed by atoms with Gasteiger partial charge in [-0.2, -0.15) is 13.2 Å². The number of ether oxygens (including phenoxy) is 1. The second-order valence-electron chi connectivity index (χ2n) is 5.38. The average molecular weight is 357 g/mol. The van der Waals surface area contributed by atoms with Crippen molar-refractivity contribution in [2.45, 2.75) is 24.6 Å². The van der Waals surface area contributed by atoms with Crippen LogP contribution in [0.3, 0.4) is 0 Å². The van der Waals surface area contributed by atoms with Crippen LogP contribution >= 0.6 is 0 Å². The van der Waals surface area contributed by atoms with Crippen LogP contribution in [0.25, 0.3) is 0 Å². The molecule has 2 rings (SSSR count). The molecule has 0 spiro atoms. The van der Waals surface area contributed by atoms with E-state index >= 15 is 0 Å². The second kappa shape index (κ2) is 8.06. The minimum Gasteiger partial charge on any atom is -0.494 e. The number of amides is 1. The zero-order valence-electron chi connectivity index (χ0n) is 13.3. The van der Waals surface area contributed by atoms with E-state index in [9.17, 15) is 23.1 Å². The van der Waals surface area contributed by atoms with Crippen LogP contribution in [0, 0.1) is 0 Å². The van der Waals surface area contributed by atoms with Gasteiger partial charge in [-0.15, -0.1) is 0 Å². The highest BCUT2D eigenvalue weighted by Crippen LogP contribution is 2.41. The van der Waals surface area contributed by atoms with Crippen LogP contribution in [0.2, 0.25) is 0 Å². The molecule has 8 heteroatoms. The molecule has 0 aliphatic heterocycles. The normalized spacial score (nSPS) is 13.9. The molecule has 0 bridgehead atoms. The molecule has 0 aliphatic carbocycles. The van der Waals surface area contributed by atoms with Crippen molar-refractivity contribution in [3.05, 3.63) is 54.5 Å². The van der Waals surface area contributed by atoms with Gasteiger partial charge in [-0.3, -0.25) is 4.79 Å². The van der Waals surface area contributed by atoms with Crippen LogP contribution in [0.1, 0.15) is 18.6 Å². The first-order valence-corrected chi connectivity index (χ1v) is 7.60. The molecule has 0 radical (unpaired) electrons. The highest BCUT2D eigenvalue weighted by molar-refractivity contribution is 5.77. The maximum absolute atomic E-state index is 13.1. The van der Waals surface area contributed by atoms with Crippen LogP contribution in [-0.4, -0.2) is 30.3 Å². The number of para-hydroxylation sites is 1. The monoisotopic (exact) mass is 357 g/mol. The van der Waals surface area contributed by atoms with Crippen molar-refractivity contribution in [2.24, 2.45) is 0 Å². The number of aliphatic hydroxyl groups is 1. The number of furan rings is 1. The summed E-state index contributed by atoms with van der Waals surface area (Å²) in [4.78, 5) is 11.8. The highest BCUT2D eigenvalue weighted by atomic mass is 19.4. The molecule has 1 unspecified atom stereocenters. The molecule has 136 valence electrons. The lowest BCUT2D eigenvalue weighted by atomic mass is 9.95. The Kier molecular flexibility index (Phi) is 6.08. The van der Waals surface area contributed by atoms with Gasteiger partial charge < -0.3 is 19.6 Å². The minimum atomic E-state index is -5.04. The third kappa shape index (κ3) is 4.99. The Morgan fingerprint density at radius 2 is 1.88 bits per heavy atom. The quantitative estimate of drug-likeness (QED) is 0.713. The van der Waals surface area contributed by atoms with E-state index in [4.69, 9.17) is 4.74 Å². The van der Waals surface area contributed by atoms with Crippen molar-refractivity contribution >= 4 is 5.91 Å². The zero-order chi connectivity index (χ0) is 18.3. The molecule has 1 amide bonds. The van der Waals surface area contributed by atoms with Crippen molar-refractivity contribution in [2.75, 3.05) is 13.2 Å². The lowest BCUT2D eigenvalue weighted by molar-refractivity contribution is -0.273. The van der Waals surface area contributed by atoms with Gasteiger partial charge in [-0.25, -0.2) is 0 Å². The third-order valence-electron chi connectivity index (χ3n) is 3.47. The number of carbonyl (C=O) groups is 1. The number of halogens is 3. The zero-order valence-corrected chi connectivity index (χ0v) is 13.3. The summed E-state index contributed by atoms with van der Waals surface area (Å²) >= 11 is 0. The number of hydrogen-bond donors (Lipinski definition) is 2. The van der Waals surface area contributed by atoms with E-state index in [0.29, 0.717) is 18.8 Å². The van der Waals surface area contributed by atoms with E-state index in [1.165, 1.54) is 6.07 Å². The van der Waals surface area contributed by atoms with Gasteiger partial charge in [-0.1, -0.05) is 18.2 Å². The van der Waals surface area contributed by atoms with Gasteiger partial charge in [0, 0.05) is 6.54 Å². The van der Waals surface area contributed by atoms with Crippen molar-refractivity contribution < 1.29 is 32.2 Å². The maximum Gasteiger partial charge on any atom is 0.425 e. The molecule has 0 aliphatic rings. The molecule has 1 aromatic heterocycles. The summed E-state index contributed by atoms with van der Waals surface area (Å²) in [6, 6.07) is 11.2. The summed E-state index contributed by atoms with van der Waals surface area (Å²) in [6.07, 6.45) is -4.81. The van der Waals surface area contributed by atoms with Gasteiger partial charge in [0.15, 0.2) is 0 Å². The van der Waals surface area contributed by atoms with Crippen LogP contribution < -0.4 is 10.1 Å². The molecule has 2 N–H and O–H groups in total. The van der Waals surface area contributed by atoms with Gasteiger partial charge in [0.25, 0.3) is 0 Å². The van der Waals surface area contributed by atoms with Crippen LogP contribution in [0.15, 0.2) is 53.1 Å². The van der Waals surface area contributed by atoms with Gasteiger partial charge in [0.1, 0.15) is 11.5 Å². The average Bonchev–Trinajstić information content (AvgIpc) is 3.09. The first-order chi connectivity index (χ1) is 11.8. The van der Waals surface area contributed by atoms with Gasteiger partial charge in [-0.05, 0) is 30.7 Å². The molecule has 1 heterocycles. The minimum absolute atomic E-state index is 0.123. The first-order valence-electron chi connectivity index (χ1n) is 7.60. The number of rotatable bonds is 8. The largest absolute Gasteiger partial charge is 0.494 e. The summed E-state index contributed by atoms with van der Waals surface area (Å²) in [5.74, 6) is -0.989. The van der Waals surface area contributed by atoms with Gasteiger partial charge in [0.05, 0.1) is 19.3 Å². The summed E-state index contributed by atoms with van der Waals surface area (Å²) in [6.45, 7) is 0.420. The fraction of sp³-hybridized carbons (Fsp3) is 0.353. The number of alkyl halides is 3. The van der Waals surface area contributed by atoms with Crippen molar-refractivity contribution in [1.29, 1.82) is 0 Å². The Hall–Kier alpha value is -2.48. The number of hydrogen-bond acceptors (Lipinski definition) is 4. The topological polar surface area (TPSA) is 71.7 Å². The third-order valence-corrected chi connectivity index (χ3v) is 3.47. The highest BCUT2D eigenvalue weighted by Gasteiger charge is 2.58. The van der Waals surface area contributed by atoms with E-state index < -0.39 is 29.9 Å². The first kappa shape index (κ1) is 18.9. The Labute approximate surface area is 142 Å². The van der Waals surface area contributed by atoms with Crippen LogP contribution in [0.4, 0.5) is 13.2 Å².